The van der Waals surface area contributed by atoms with E-state index in [1.165, 1.54) is 89.9 Å². The maximum Gasteiger partial charge on any atom is 0.220 e. The lowest BCUT2D eigenvalue weighted by Crippen LogP contribution is -2.66. The van der Waals surface area contributed by atoms with E-state index in [0.717, 1.165) is 64.2 Å². The normalized spacial score (nSPS) is 31.5. The maximum atomic E-state index is 13.3. The van der Waals surface area contributed by atoms with Crippen LogP contribution in [0.5, 0.6) is 0 Å². The summed E-state index contributed by atoms with van der Waals surface area (Å²) in [6.07, 6.45) is 14.4. The number of rotatable bonds is 41. The summed E-state index contributed by atoms with van der Waals surface area (Å²) in [5.74, 6) is -0.284. The Kier molecular flexibility index (Phi) is 36.1. The van der Waals surface area contributed by atoms with Crippen LogP contribution in [0.2, 0.25) is 0 Å². The molecule has 0 spiro atoms. The molecule has 3 rings (SSSR count). The number of ether oxygens (including phenoxy) is 6. The van der Waals surface area contributed by atoms with Crippen molar-refractivity contribution in [3.05, 3.63) is 36.5 Å². The zero-order chi connectivity index (χ0) is 54.8. The lowest BCUT2D eigenvalue weighted by Gasteiger charge is -2.48. The van der Waals surface area contributed by atoms with Gasteiger partial charge in [0.1, 0.15) is 73.2 Å². The smallest absolute Gasteiger partial charge is 0.220 e. The number of hydrogen-bond acceptors (Lipinski definition) is 18. The highest BCUT2D eigenvalue weighted by Crippen LogP contribution is 2.33. The molecule has 1 amide bonds. The zero-order valence-corrected chi connectivity index (χ0v) is 45.3. The molecule has 3 heterocycles. The summed E-state index contributed by atoms with van der Waals surface area (Å²) >= 11 is 0. The molecule has 17 atom stereocenters. The van der Waals surface area contributed by atoms with E-state index in [9.17, 15) is 61.0 Å². The van der Waals surface area contributed by atoms with Crippen LogP contribution in [0.1, 0.15) is 181 Å². The predicted octanol–water partition coefficient (Wildman–Crippen LogP) is 4.15. The van der Waals surface area contributed by atoms with Crippen molar-refractivity contribution >= 4 is 5.91 Å². The number of amides is 1. The van der Waals surface area contributed by atoms with Crippen LogP contribution in [-0.2, 0) is 33.2 Å². The Morgan fingerprint density at radius 2 is 0.880 bits per heavy atom. The summed E-state index contributed by atoms with van der Waals surface area (Å²) in [6, 6.07) is -0.972. The van der Waals surface area contributed by atoms with E-state index in [1.807, 2.05) is 6.08 Å². The fraction of sp³-hybridized carbons (Fsp3) is 0.875. The van der Waals surface area contributed by atoms with Crippen molar-refractivity contribution in [1.29, 1.82) is 0 Å². The molecule has 0 saturated carbocycles. The van der Waals surface area contributed by atoms with Gasteiger partial charge in [0.25, 0.3) is 0 Å². The molecule has 19 heteroatoms. The molecule has 438 valence electrons. The van der Waals surface area contributed by atoms with Gasteiger partial charge in [0.05, 0.1) is 38.6 Å². The van der Waals surface area contributed by atoms with Crippen LogP contribution < -0.4 is 5.32 Å². The third-order valence-corrected chi connectivity index (χ3v) is 14.4. The SMILES string of the molecule is CCCCCCC/C=C\C/C=C\CCCCCCCCCCCC(=O)NC(COC1OC(CO)C(OC2OC(CO)C(OC3OC(CO)C(O)C(O)C3O)C(O)C2O)C(O)C1O)C(O)/C=C/CCCCCCCCC. The van der Waals surface area contributed by atoms with E-state index in [2.05, 4.69) is 43.5 Å². The maximum absolute atomic E-state index is 13.3. The van der Waals surface area contributed by atoms with E-state index in [4.69, 9.17) is 28.4 Å². The molecule has 0 aromatic carbocycles. The van der Waals surface area contributed by atoms with Crippen molar-refractivity contribution in [2.75, 3.05) is 26.4 Å². The van der Waals surface area contributed by atoms with Gasteiger partial charge < -0.3 is 89.9 Å². The lowest BCUT2D eigenvalue weighted by molar-refractivity contribution is -0.379. The number of aliphatic hydroxyl groups excluding tert-OH is 11. The average Bonchev–Trinajstić information content (AvgIpc) is 3.41. The van der Waals surface area contributed by atoms with E-state index < -0.39 is 124 Å². The molecule has 12 N–H and O–H groups in total. The molecular weight excluding hydrogens is 975 g/mol. The highest BCUT2D eigenvalue weighted by molar-refractivity contribution is 5.76. The first-order chi connectivity index (χ1) is 36.3. The molecule has 3 aliphatic rings. The zero-order valence-electron chi connectivity index (χ0n) is 45.3. The second-order valence-electron chi connectivity index (χ2n) is 20.8. The molecule has 3 saturated heterocycles. The fourth-order valence-electron chi connectivity index (χ4n) is 9.63. The number of carbonyl (C=O) groups is 1. The number of aliphatic hydroxyl groups is 11. The number of hydrogen-bond donors (Lipinski definition) is 12. The molecular formula is C56H101NO18. The van der Waals surface area contributed by atoms with E-state index in [1.54, 1.807) is 6.08 Å². The molecule has 19 nitrogen and oxygen atoms in total. The van der Waals surface area contributed by atoms with Gasteiger partial charge in [-0.3, -0.25) is 4.79 Å². The van der Waals surface area contributed by atoms with Gasteiger partial charge >= 0.3 is 0 Å². The van der Waals surface area contributed by atoms with Crippen LogP contribution in [0.25, 0.3) is 0 Å². The minimum atomic E-state index is -1.98. The van der Waals surface area contributed by atoms with Crippen LogP contribution in [-0.4, -0.2) is 193 Å². The predicted molar refractivity (Wildman–Crippen MR) is 282 cm³/mol. The largest absolute Gasteiger partial charge is 0.394 e. The van der Waals surface area contributed by atoms with E-state index in [0.29, 0.717) is 6.42 Å². The van der Waals surface area contributed by atoms with Crippen LogP contribution >= 0.6 is 0 Å². The average molecular weight is 1080 g/mol. The Balaban J connectivity index is 1.47. The van der Waals surface area contributed by atoms with Crippen molar-refractivity contribution in [1.82, 2.24) is 5.32 Å². The van der Waals surface area contributed by atoms with Crippen molar-refractivity contribution in [2.45, 2.75) is 285 Å². The molecule has 0 radical (unpaired) electrons. The Morgan fingerprint density at radius 3 is 1.36 bits per heavy atom. The molecule has 17 unspecified atom stereocenters. The highest BCUT2D eigenvalue weighted by Gasteiger charge is 2.53. The van der Waals surface area contributed by atoms with Crippen LogP contribution in [0.4, 0.5) is 0 Å². The third kappa shape index (κ3) is 24.9. The van der Waals surface area contributed by atoms with E-state index in [-0.39, 0.29) is 18.9 Å². The molecule has 0 aromatic rings. The molecule has 0 aromatic heterocycles. The fourth-order valence-corrected chi connectivity index (χ4v) is 9.63. The van der Waals surface area contributed by atoms with Crippen molar-refractivity contribution in [3.8, 4) is 0 Å². The van der Waals surface area contributed by atoms with Gasteiger partial charge in [-0.2, -0.15) is 0 Å². The second kappa shape index (κ2) is 40.2. The van der Waals surface area contributed by atoms with Gasteiger partial charge in [0.2, 0.25) is 5.91 Å². The number of allylic oxidation sites excluding steroid dienone is 5. The molecule has 75 heavy (non-hydrogen) atoms. The summed E-state index contributed by atoms with van der Waals surface area (Å²) in [6.45, 7) is 1.65. The molecule has 0 bridgehead atoms. The van der Waals surface area contributed by atoms with Crippen LogP contribution in [0.3, 0.4) is 0 Å². The standard InChI is InChI=1S/C56H101NO18/c1-3-5-7-9-11-13-14-15-16-17-18-19-20-21-22-23-24-26-28-30-32-34-44(62)57-39(40(61)33-31-29-27-25-12-10-8-6-4-2)38-70-54-50(68)47(65)52(42(36-59)72-54)75-56-51(69)48(66)53(43(37-60)73-56)74-55-49(67)46(64)45(63)41(35-58)71-55/h14-15,17-18,31,33,39-43,45-56,58-61,63-69H,3-13,16,19-30,32,34-38H2,1-2H3,(H,57,62)/b15-14-,18-17-,33-31+. The summed E-state index contributed by atoms with van der Waals surface area (Å²) in [5, 5.41) is 120. The Labute approximate surface area is 447 Å². The first-order valence-electron chi connectivity index (χ1n) is 28.7. The third-order valence-electron chi connectivity index (χ3n) is 14.4. The molecule has 3 fully saturated rings. The Hall–Kier alpha value is -1.99. The molecule has 0 aliphatic carbocycles. The van der Waals surface area contributed by atoms with Crippen LogP contribution in [0.15, 0.2) is 36.5 Å². The van der Waals surface area contributed by atoms with Gasteiger partial charge in [0.15, 0.2) is 18.9 Å². The second-order valence-corrected chi connectivity index (χ2v) is 20.8. The Morgan fingerprint density at radius 1 is 0.480 bits per heavy atom. The monoisotopic (exact) mass is 1080 g/mol. The van der Waals surface area contributed by atoms with Crippen molar-refractivity contribution in [3.63, 3.8) is 0 Å². The minimum Gasteiger partial charge on any atom is -0.394 e. The van der Waals surface area contributed by atoms with Gasteiger partial charge in [-0.05, 0) is 51.4 Å². The van der Waals surface area contributed by atoms with Crippen LogP contribution in [0, 0.1) is 0 Å². The minimum absolute atomic E-state index is 0.238. The number of nitrogens with one attached hydrogen (secondary N) is 1. The summed E-state index contributed by atoms with van der Waals surface area (Å²) in [4.78, 5) is 13.3. The Bertz CT molecular complexity index is 1520. The highest BCUT2D eigenvalue weighted by atomic mass is 16.8. The van der Waals surface area contributed by atoms with Crippen molar-refractivity contribution < 1.29 is 89.4 Å². The topological polar surface area (TPSA) is 307 Å². The summed E-state index contributed by atoms with van der Waals surface area (Å²) < 4.78 is 34.1. The quantitative estimate of drug-likeness (QED) is 0.0302. The van der Waals surface area contributed by atoms with Crippen molar-refractivity contribution in [2.24, 2.45) is 0 Å². The lowest BCUT2D eigenvalue weighted by atomic mass is 9.96. The number of carbonyl (C=O) groups excluding carboxylic acids is 1. The van der Waals surface area contributed by atoms with Gasteiger partial charge in [-0.15, -0.1) is 0 Å². The molecule has 3 aliphatic heterocycles. The van der Waals surface area contributed by atoms with Gasteiger partial charge in [-0.1, -0.05) is 159 Å². The first-order valence-corrected chi connectivity index (χ1v) is 28.7. The van der Waals surface area contributed by atoms with E-state index >= 15 is 0 Å². The number of unbranched alkanes of at least 4 members (excludes halogenated alkanes) is 21. The van der Waals surface area contributed by atoms with Gasteiger partial charge in [0, 0.05) is 6.42 Å². The first kappa shape index (κ1) is 67.3. The summed E-state index contributed by atoms with van der Waals surface area (Å²) in [7, 11) is 0. The van der Waals surface area contributed by atoms with Gasteiger partial charge in [-0.25, -0.2) is 0 Å². The summed E-state index contributed by atoms with van der Waals surface area (Å²) in [5.41, 5.74) is 0.